The highest BCUT2D eigenvalue weighted by Gasteiger charge is 2.26. The Morgan fingerprint density at radius 3 is 2.67 bits per heavy atom. The van der Waals surface area contributed by atoms with Gasteiger partial charge in [0.1, 0.15) is 5.75 Å². The average Bonchev–Trinajstić information content (AvgIpc) is 2.38. The molecule has 100 valence electrons. The summed E-state index contributed by atoms with van der Waals surface area (Å²) in [5, 5.41) is 3.67. The van der Waals surface area contributed by atoms with Crippen molar-refractivity contribution in [2.24, 2.45) is 5.41 Å². The predicted molar refractivity (Wildman–Crippen MR) is 75.9 cm³/mol. The Bertz CT molecular complexity index is 376. The highest BCUT2D eigenvalue weighted by molar-refractivity contribution is 5.28. The van der Waals surface area contributed by atoms with Crippen molar-refractivity contribution in [1.29, 1.82) is 0 Å². The lowest BCUT2D eigenvalue weighted by molar-refractivity contribution is 0.206. The molecule has 0 aliphatic heterocycles. The van der Waals surface area contributed by atoms with Crippen molar-refractivity contribution < 1.29 is 4.74 Å². The molecule has 0 saturated heterocycles. The third-order valence-corrected chi connectivity index (χ3v) is 4.07. The minimum Gasteiger partial charge on any atom is -0.497 e. The zero-order valence-electron chi connectivity index (χ0n) is 11.8. The topological polar surface area (TPSA) is 21.3 Å². The van der Waals surface area contributed by atoms with Gasteiger partial charge in [0.15, 0.2) is 0 Å². The maximum absolute atomic E-state index is 5.25. The Labute approximate surface area is 111 Å². The van der Waals surface area contributed by atoms with Crippen LogP contribution in [0, 0.1) is 5.41 Å². The van der Waals surface area contributed by atoms with Crippen LogP contribution in [0.4, 0.5) is 0 Å². The van der Waals surface area contributed by atoms with E-state index in [4.69, 9.17) is 4.74 Å². The van der Waals surface area contributed by atoms with Crippen LogP contribution >= 0.6 is 0 Å². The van der Waals surface area contributed by atoms with Gasteiger partial charge < -0.3 is 10.1 Å². The van der Waals surface area contributed by atoms with Crippen molar-refractivity contribution in [1.82, 2.24) is 5.32 Å². The first-order valence-corrected chi connectivity index (χ1v) is 6.95. The molecule has 0 heterocycles. The number of rotatable bonds is 4. The zero-order chi connectivity index (χ0) is 13.0. The van der Waals surface area contributed by atoms with Crippen LogP contribution in [-0.4, -0.2) is 13.2 Å². The van der Waals surface area contributed by atoms with Gasteiger partial charge in [-0.15, -0.1) is 0 Å². The first-order valence-electron chi connectivity index (χ1n) is 6.95. The average molecular weight is 247 g/mol. The van der Waals surface area contributed by atoms with Crippen LogP contribution < -0.4 is 10.1 Å². The van der Waals surface area contributed by atoms with Gasteiger partial charge in [0.05, 0.1) is 7.11 Å². The SMILES string of the molecule is COc1cccc(CNC2CCC(C)(C)CC2)c1. The van der Waals surface area contributed by atoms with Crippen molar-refractivity contribution in [3.05, 3.63) is 29.8 Å². The van der Waals surface area contributed by atoms with Crippen molar-refractivity contribution in [2.75, 3.05) is 7.11 Å². The first-order chi connectivity index (χ1) is 8.59. The second-order valence-electron chi connectivity index (χ2n) is 6.17. The van der Waals surface area contributed by atoms with Crippen molar-refractivity contribution in [3.8, 4) is 5.75 Å². The number of hydrogen-bond donors (Lipinski definition) is 1. The fraction of sp³-hybridized carbons (Fsp3) is 0.625. The van der Waals surface area contributed by atoms with Crippen LogP contribution in [-0.2, 0) is 6.54 Å². The minimum absolute atomic E-state index is 0.550. The summed E-state index contributed by atoms with van der Waals surface area (Å²) in [4.78, 5) is 0. The Hall–Kier alpha value is -1.02. The Morgan fingerprint density at radius 2 is 2.00 bits per heavy atom. The van der Waals surface area contributed by atoms with Crippen molar-refractivity contribution >= 4 is 0 Å². The maximum Gasteiger partial charge on any atom is 0.119 e. The van der Waals surface area contributed by atoms with E-state index >= 15 is 0 Å². The van der Waals surface area contributed by atoms with Gasteiger partial charge in [-0.25, -0.2) is 0 Å². The van der Waals surface area contributed by atoms with E-state index in [9.17, 15) is 0 Å². The monoisotopic (exact) mass is 247 g/mol. The molecular weight excluding hydrogens is 222 g/mol. The minimum atomic E-state index is 0.550. The van der Waals surface area contributed by atoms with E-state index < -0.39 is 0 Å². The van der Waals surface area contributed by atoms with E-state index in [0.29, 0.717) is 11.5 Å². The van der Waals surface area contributed by atoms with Gasteiger partial charge >= 0.3 is 0 Å². The molecule has 0 radical (unpaired) electrons. The maximum atomic E-state index is 5.25. The molecule has 2 heteroatoms. The van der Waals surface area contributed by atoms with Gasteiger partial charge in [0, 0.05) is 12.6 Å². The summed E-state index contributed by atoms with van der Waals surface area (Å²) >= 11 is 0. The molecule has 1 aliphatic rings. The molecule has 2 rings (SSSR count). The van der Waals surface area contributed by atoms with E-state index in [0.717, 1.165) is 12.3 Å². The van der Waals surface area contributed by atoms with Crippen LogP contribution in [0.2, 0.25) is 0 Å². The van der Waals surface area contributed by atoms with Gasteiger partial charge in [0.25, 0.3) is 0 Å². The Balaban J connectivity index is 1.81. The quantitative estimate of drug-likeness (QED) is 0.875. The van der Waals surface area contributed by atoms with Crippen LogP contribution in [0.15, 0.2) is 24.3 Å². The summed E-state index contributed by atoms with van der Waals surface area (Å²) in [6.07, 6.45) is 5.28. The third-order valence-electron chi connectivity index (χ3n) is 4.07. The number of ether oxygens (including phenoxy) is 1. The van der Waals surface area contributed by atoms with Crippen LogP contribution in [0.5, 0.6) is 5.75 Å². The molecule has 0 aromatic heterocycles. The highest BCUT2D eigenvalue weighted by atomic mass is 16.5. The van der Waals surface area contributed by atoms with Crippen LogP contribution in [0.25, 0.3) is 0 Å². The van der Waals surface area contributed by atoms with Gasteiger partial charge in [-0.2, -0.15) is 0 Å². The fourth-order valence-electron chi connectivity index (χ4n) is 2.65. The lowest BCUT2D eigenvalue weighted by Gasteiger charge is -2.34. The third kappa shape index (κ3) is 3.74. The molecular formula is C16H25NO. The van der Waals surface area contributed by atoms with Crippen molar-refractivity contribution in [3.63, 3.8) is 0 Å². The molecule has 1 fully saturated rings. The first kappa shape index (κ1) is 13.4. The van der Waals surface area contributed by atoms with E-state index in [1.807, 2.05) is 6.07 Å². The fourth-order valence-corrected chi connectivity index (χ4v) is 2.65. The smallest absolute Gasteiger partial charge is 0.119 e. The molecule has 0 spiro atoms. The van der Waals surface area contributed by atoms with Crippen LogP contribution in [0.1, 0.15) is 45.1 Å². The Morgan fingerprint density at radius 1 is 1.28 bits per heavy atom. The summed E-state index contributed by atoms with van der Waals surface area (Å²) in [6, 6.07) is 9.00. The lowest BCUT2D eigenvalue weighted by atomic mass is 9.75. The largest absolute Gasteiger partial charge is 0.497 e. The molecule has 1 aromatic carbocycles. The van der Waals surface area contributed by atoms with Crippen molar-refractivity contribution in [2.45, 2.75) is 52.1 Å². The molecule has 0 bridgehead atoms. The van der Waals surface area contributed by atoms with E-state index in [1.165, 1.54) is 31.2 Å². The predicted octanol–water partition coefficient (Wildman–Crippen LogP) is 3.75. The summed E-state index contributed by atoms with van der Waals surface area (Å²) < 4.78 is 5.25. The van der Waals surface area contributed by atoms with Crippen LogP contribution in [0.3, 0.4) is 0 Å². The second kappa shape index (κ2) is 5.75. The molecule has 0 unspecified atom stereocenters. The summed E-state index contributed by atoms with van der Waals surface area (Å²) in [6.45, 7) is 5.71. The zero-order valence-corrected chi connectivity index (χ0v) is 11.8. The number of benzene rings is 1. The second-order valence-corrected chi connectivity index (χ2v) is 6.17. The molecule has 2 nitrogen and oxygen atoms in total. The summed E-state index contributed by atoms with van der Waals surface area (Å²) in [5.74, 6) is 0.944. The lowest BCUT2D eigenvalue weighted by Crippen LogP contribution is -2.35. The molecule has 0 amide bonds. The summed E-state index contributed by atoms with van der Waals surface area (Å²) in [5.41, 5.74) is 1.85. The molecule has 1 saturated carbocycles. The van der Waals surface area contributed by atoms with E-state index in [1.54, 1.807) is 7.11 Å². The molecule has 0 atom stereocenters. The van der Waals surface area contributed by atoms with E-state index in [2.05, 4.69) is 37.4 Å². The standard InChI is InChI=1S/C16H25NO/c1-16(2)9-7-14(8-10-16)17-12-13-5-4-6-15(11-13)18-3/h4-6,11,14,17H,7-10,12H2,1-3H3. The molecule has 1 aliphatic carbocycles. The normalized spacial score (nSPS) is 19.7. The van der Waals surface area contributed by atoms with Gasteiger partial charge in [-0.3, -0.25) is 0 Å². The number of nitrogens with one attached hydrogen (secondary N) is 1. The molecule has 1 aromatic rings. The van der Waals surface area contributed by atoms with Gasteiger partial charge in [-0.1, -0.05) is 26.0 Å². The van der Waals surface area contributed by atoms with Gasteiger partial charge in [-0.05, 0) is 48.8 Å². The number of hydrogen-bond acceptors (Lipinski definition) is 2. The molecule has 18 heavy (non-hydrogen) atoms. The Kier molecular flexibility index (Phi) is 4.28. The number of methoxy groups -OCH3 is 1. The summed E-state index contributed by atoms with van der Waals surface area (Å²) in [7, 11) is 1.72. The molecule has 1 N–H and O–H groups in total. The highest BCUT2D eigenvalue weighted by Crippen LogP contribution is 2.35. The van der Waals surface area contributed by atoms with Gasteiger partial charge in [0.2, 0.25) is 0 Å². The van der Waals surface area contributed by atoms with E-state index in [-0.39, 0.29) is 0 Å².